The first-order valence-electron chi connectivity index (χ1n) is 7.47. The molecule has 0 radical (unpaired) electrons. The molecule has 2 atom stereocenters. The number of rotatable bonds is 1. The fourth-order valence-electron chi connectivity index (χ4n) is 2.38. The van der Waals surface area contributed by atoms with E-state index in [0.717, 1.165) is 11.8 Å². The Kier molecular flexibility index (Phi) is 6.26. The first-order chi connectivity index (χ1) is 11.8. The quantitative estimate of drug-likeness (QED) is 0.491. The van der Waals surface area contributed by atoms with E-state index in [2.05, 4.69) is 5.32 Å². The molecule has 2 rings (SSSR count). The van der Waals surface area contributed by atoms with E-state index in [9.17, 15) is 19.8 Å². The Morgan fingerprint density at radius 3 is 2.76 bits per heavy atom. The summed E-state index contributed by atoms with van der Waals surface area (Å²) in [7, 11) is 1.26. The summed E-state index contributed by atoms with van der Waals surface area (Å²) < 4.78 is 10.2. The first kappa shape index (κ1) is 19.5. The third-order valence-corrected chi connectivity index (χ3v) is 5.46. The van der Waals surface area contributed by atoms with Crippen molar-refractivity contribution < 1.29 is 29.3 Å². The number of phenols is 2. The summed E-state index contributed by atoms with van der Waals surface area (Å²) in [5.41, 5.74) is 0.800. The smallest absolute Gasteiger partial charge is 0.330 e. The van der Waals surface area contributed by atoms with Gasteiger partial charge in [-0.15, -0.1) is 0 Å². The summed E-state index contributed by atoms with van der Waals surface area (Å²) in [5, 5.41) is 22.1. The van der Waals surface area contributed by atoms with Gasteiger partial charge in [-0.25, -0.2) is 4.79 Å². The lowest BCUT2D eigenvalue weighted by atomic mass is 10.0. The first-order valence-corrected chi connectivity index (χ1v) is 8.76. The number of esters is 1. The molecule has 9 heteroatoms. The molecule has 0 amide bonds. The number of nitrogens with one attached hydrogen (secondary N) is 1. The van der Waals surface area contributed by atoms with Gasteiger partial charge in [0.05, 0.1) is 30.6 Å². The van der Waals surface area contributed by atoms with Crippen LogP contribution in [0, 0.1) is 6.92 Å². The van der Waals surface area contributed by atoms with Gasteiger partial charge in [0, 0.05) is 22.8 Å². The standard InChI is InChI=1S/C16H19NO6S2/c1-7-11(18)4-12(19)9-5-23-6-10(15(20)22-3)17-14(24)8(2)25-16(21)13(7)9/h4,8,10,18-19H,5-6H2,1-3H3,(H,17,24)/t8-,10-/m1/s1. The summed E-state index contributed by atoms with van der Waals surface area (Å²) >= 11 is 6.20. The molecule has 0 bridgehead atoms. The van der Waals surface area contributed by atoms with Gasteiger partial charge in [-0.05, 0) is 13.8 Å². The van der Waals surface area contributed by atoms with Gasteiger partial charge in [-0.3, -0.25) is 4.79 Å². The largest absolute Gasteiger partial charge is 0.508 e. The summed E-state index contributed by atoms with van der Waals surface area (Å²) in [5.74, 6) is -0.971. The second kappa shape index (κ2) is 8.03. The highest BCUT2D eigenvalue weighted by Crippen LogP contribution is 2.35. The van der Waals surface area contributed by atoms with Crippen molar-refractivity contribution in [3.05, 3.63) is 22.8 Å². The van der Waals surface area contributed by atoms with Gasteiger partial charge >= 0.3 is 5.97 Å². The normalized spacial score (nSPS) is 21.7. The van der Waals surface area contributed by atoms with E-state index >= 15 is 0 Å². The molecule has 0 aromatic heterocycles. The highest BCUT2D eigenvalue weighted by atomic mass is 32.2. The van der Waals surface area contributed by atoms with Crippen molar-refractivity contribution >= 4 is 40.1 Å². The molecule has 7 nitrogen and oxygen atoms in total. The van der Waals surface area contributed by atoms with Crippen LogP contribution in [-0.4, -0.2) is 51.3 Å². The number of carbonyl (C=O) groups is 2. The maximum absolute atomic E-state index is 12.7. The molecule has 0 fully saturated rings. The molecular formula is C16H19NO6S2. The molecule has 1 aromatic carbocycles. The zero-order valence-electron chi connectivity index (χ0n) is 14.0. The number of phenolic OH excluding ortho intramolecular Hbond substituents is 2. The van der Waals surface area contributed by atoms with E-state index < -0.39 is 17.3 Å². The van der Waals surface area contributed by atoms with Crippen molar-refractivity contribution in [3.8, 4) is 11.5 Å². The highest BCUT2D eigenvalue weighted by Gasteiger charge is 2.28. The fraction of sp³-hybridized carbons (Fsp3) is 0.438. The summed E-state index contributed by atoms with van der Waals surface area (Å²) in [6.45, 7) is 3.15. The maximum atomic E-state index is 12.7. The molecule has 0 spiro atoms. The number of benzene rings is 1. The second-order valence-electron chi connectivity index (χ2n) is 5.54. The zero-order valence-corrected chi connectivity index (χ0v) is 15.6. The molecule has 0 saturated carbocycles. The summed E-state index contributed by atoms with van der Waals surface area (Å²) in [6.07, 6.45) is 0. The molecule has 0 saturated heterocycles. The molecule has 1 aromatic rings. The van der Waals surface area contributed by atoms with Crippen molar-refractivity contribution in [3.63, 3.8) is 0 Å². The van der Waals surface area contributed by atoms with Crippen LogP contribution in [0.25, 0.3) is 0 Å². The SMILES string of the molecule is COC(=O)[C@H]1COCc2c(O)cc(O)c(C)c2C(=O)S[C@H](C)C(=S)N1. The number of thiocarbonyl (C=S) groups is 1. The molecule has 1 heterocycles. The molecule has 0 aliphatic carbocycles. The lowest BCUT2D eigenvalue weighted by Gasteiger charge is -2.20. The van der Waals surface area contributed by atoms with Crippen molar-refractivity contribution in [2.24, 2.45) is 0 Å². The minimum atomic E-state index is -0.822. The van der Waals surface area contributed by atoms with Crippen LogP contribution in [0.2, 0.25) is 0 Å². The number of hydrogen-bond acceptors (Lipinski definition) is 8. The Labute approximate surface area is 154 Å². The molecule has 0 unspecified atom stereocenters. The van der Waals surface area contributed by atoms with Gasteiger partial charge in [0.25, 0.3) is 0 Å². The average Bonchev–Trinajstić information content (AvgIpc) is 2.58. The number of ether oxygens (including phenoxy) is 2. The van der Waals surface area contributed by atoms with Crippen LogP contribution in [0.5, 0.6) is 11.5 Å². The van der Waals surface area contributed by atoms with Gasteiger partial charge in [-0.1, -0.05) is 24.0 Å². The predicted molar refractivity (Wildman–Crippen MR) is 97.1 cm³/mol. The average molecular weight is 385 g/mol. The van der Waals surface area contributed by atoms with E-state index in [1.165, 1.54) is 13.2 Å². The van der Waals surface area contributed by atoms with Crippen LogP contribution in [0.15, 0.2) is 6.07 Å². The molecule has 136 valence electrons. The van der Waals surface area contributed by atoms with Crippen molar-refractivity contribution in [1.82, 2.24) is 5.32 Å². The van der Waals surface area contributed by atoms with Crippen LogP contribution >= 0.6 is 24.0 Å². The monoisotopic (exact) mass is 385 g/mol. The minimum absolute atomic E-state index is 0.0583. The highest BCUT2D eigenvalue weighted by molar-refractivity contribution is 8.15. The van der Waals surface area contributed by atoms with E-state index in [1.807, 2.05) is 0 Å². The number of thioether (sulfide) groups is 1. The van der Waals surface area contributed by atoms with Crippen molar-refractivity contribution in [2.75, 3.05) is 13.7 Å². The minimum Gasteiger partial charge on any atom is -0.508 e. The number of hydrogen-bond donors (Lipinski definition) is 3. The predicted octanol–water partition coefficient (Wildman–Crippen LogP) is 1.66. The van der Waals surface area contributed by atoms with Gasteiger partial charge in [0.1, 0.15) is 17.5 Å². The molecule has 1 aliphatic heterocycles. The Bertz CT molecular complexity index is 721. The number of aromatic hydroxyl groups is 2. The van der Waals surface area contributed by atoms with Gasteiger partial charge in [-0.2, -0.15) is 0 Å². The van der Waals surface area contributed by atoms with Crippen LogP contribution in [0.1, 0.15) is 28.4 Å². The Morgan fingerprint density at radius 1 is 1.44 bits per heavy atom. The third-order valence-electron chi connectivity index (χ3n) is 3.83. The van der Waals surface area contributed by atoms with Crippen LogP contribution < -0.4 is 5.32 Å². The van der Waals surface area contributed by atoms with E-state index in [1.54, 1.807) is 13.8 Å². The Hall–Kier alpha value is -1.84. The third kappa shape index (κ3) is 4.23. The van der Waals surface area contributed by atoms with E-state index in [4.69, 9.17) is 21.7 Å². The van der Waals surface area contributed by atoms with E-state index in [-0.39, 0.29) is 41.0 Å². The Morgan fingerprint density at radius 2 is 2.12 bits per heavy atom. The summed E-state index contributed by atoms with van der Waals surface area (Å²) in [6, 6.07) is 0.344. The maximum Gasteiger partial charge on any atom is 0.330 e. The van der Waals surface area contributed by atoms with Crippen molar-refractivity contribution in [2.45, 2.75) is 31.7 Å². The second-order valence-corrected chi connectivity index (χ2v) is 7.29. The van der Waals surface area contributed by atoms with Crippen LogP contribution in [-0.2, 0) is 20.9 Å². The van der Waals surface area contributed by atoms with E-state index in [0.29, 0.717) is 10.6 Å². The van der Waals surface area contributed by atoms with Gasteiger partial charge < -0.3 is 25.0 Å². The number of methoxy groups -OCH3 is 1. The number of carbonyl (C=O) groups excluding carboxylic acids is 2. The topological polar surface area (TPSA) is 105 Å². The molecule has 3 N–H and O–H groups in total. The molecule has 1 aliphatic rings. The molecule has 25 heavy (non-hydrogen) atoms. The fourth-order valence-corrected chi connectivity index (χ4v) is 3.56. The summed E-state index contributed by atoms with van der Waals surface area (Å²) in [4.78, 5) is 24.9. The number of fused-ring (bicyclic) bond motifs is 1. The zero-order chi connectivity index (χ0) is 18.7. The van der Waals surface area contributed by atoms with Crippen LogP contribution in [0.4, 0.5) is 0 Å². The van der Waals surface area contributed by atoms with Gasteiger partial charge in [0.2, 0.25) is 5.12 Å². The lowest BCUT2D eigenvalue weighted by Crippen LogP contribution is -2.46. The molecular weight excluding hydrogens is 366 g/mol. The van der Waals surface area contributed by atoms with Gasteiger partial charge in [0.15, 0.2) is 0 Å². The van der Waals surface area contributed by atoms with Crippen LogP contribution in [0.3, 0.4) is 0 Å². The Balaban J connectivity index is 2.46. The van der Waals surface area contributed by atoms with Crippen molar-refractivity contribution in [1.29, 1.82) is 0 Å². The lowest BCUT2D eigenvalue weighted by molar-refractivity contribution is -0.144.